The lowest BCUT2D eigenvalue weighted by molar-refractivity contribution is -0.750. The van der Waals surface area contributed by atoms with Gasteiger partial charge >= 0.3 is 5.97 Å². The summed E-state index contributed by atoms with van der Waals surface area (Å²) in [5, 5.41) is 10.3. The Morgan fingerprint density at radius 3 is 2.61 bits per heavy atom. The van der Waals surface area contributed by atoms with E-state index in [1.165, 1.54) is 0 Å². The molecule has 7 nitrogen and oxygen atoms in total. The topological polar surface area (TPSA) is 101 Å². The van der Waals surface area contributed by atoms with Crippen LogP contribution in [-0.2, 0) is 4.79 Å². The van der Waals surface area contributed by atoms with Crippen LogP contribution < -0.4 is 5.84 Å². The van der Waals surface area contributed by atoms with Crippen LogP contribution in [0.5, 0.6) is 0 Å². The lowest BCUT2D eigenvalue weighted by Crippen LogP contribution is -2.53. The zero-order valence-corrected chi connectivity index (χ0v) is 17.8. The number of allylic oxidation sites excluding steroid dienone is 2. The van der Waals surface area contributed by atoms with Crippen molar-refractivity contribution in [3.63, 3.8) is 0 Å². The number of rotatable bonds is 4. The van der Waals surface area contributed by atoms with Gasteiger partial charge < -0.3 is 5.11 Å². The Labute approximate surface area is 190 Å². The molecule has 3 aromatic rings. The molecule has 3 heterocycles. The molecule has 1 fully saturated rings. The van der Waals surface area contributed by atoms with Crippen molar-refractivity contribution in [2.45, 2.75) is 12.8 Å². The van der Waals surface area contributed by atoms with Gasteiger partial charge in [-0.25, -0.2) is 4.98 Å². The Morgan fingerprint density at radius 1 is 1.03 bits per heavy atom. The number of fused-ring (bicyclic) bond motifs is 2. The van der Waals surface area contributed by atoms with Gasteiger partial charge in [0.1, 0.15) is 11.9 Å². The molecule has 0 amide bonds. The Balaban J connectivity index is 1.41. The van der Waals surface area contributed by atoms with E-state index in [-0.39, 0.29) is 16.4 Å². The van der Waals surface area contributed by atoms with Gasteiger partial charge in [-0.2, -0.15) is 10.8 Å². The molecule has 0 bridgehead atoms. The van der Waals surface area contributed by atoms with Crippen molar-refractivity contribution in [1.29, 1.82) is 0 Å². The predicted molar refractivity (Wildman–Crippen MR) is 127 cm³/mol. The average Bonchev–Trinajstić information content (AvgIpc) is 3.10. The molecule has 3 N–H and O–H groups in total. The Kier molecular flexibility index (Phi) is 4.36. The van der Waals surface area contributed by atoms with Gasteiger partial charge in [0.2, 0.25) is 5.70 Å². The van der Waals surface area contributed by atoms with Crippen molar-refractivity contribution >= 4 is 28.9 Å². The number of carboxylic acids is 1. The maximum atomic E-state index is 11.3. The first-order valence-electron chi connectivity index (χ1n) is 10.9. The van der Waals surface area contributed by atoms with E-state index in [1.807, 2.05) is 60.8 Å². The van der Waals surface area contributed by atoms with Gasteiger partial charge in [0.15, 0.2) is 0 Å². The summed E-state index contributed by atoms with van der Waals surface area (Å²) in [5.41, 5.74) is 5.34. The Morgan fingerprint density at radius 2 is 1.82 bits per heavy atom. The minimum Gasteiger partial charge on any atom is -0.481 e. The molecule has 0 spiro atoms. The number of quaternary nitrogens is 1. The number of carbonyl (C=O) groups is 1. The van der Waals surface area contributed by atoms with Crippen LogP contribution in [0.25, 0.3) is 22.2 Å². The van der Waals surface area contributed by atoms with Crippen molar-refractivity contribution in [1.82, 2.24) is 4.98 Å². The number of aliphatic carboxylic acids is 1. The fourth-order valence-electron chi connectivity index (χ4n) is 4.77. The molecule has 1 aromatic heterocycles. The highest BCUT2D eigenvalue weighted by atomic mass is 16.4. The molecular weight excluding hydrogens is 414 g/mol. The molecule has 3 aliphatic rings. The quantitative estimate of drug-likeness (QED) is 0.472. The number of aliphatic imine (C=N–C) groups is 2. The lowest BCUT2D eigenvalue weighted by atomic mass is 9.73. The molecule has 6 rings (SSSR count). The summed E-state index contributed by atoms with van der Waals surface area (Å²) in [6, 6.07) is 20.2. The van der Waals surface area contributed by atoms with Gasteiger partial charge in [-0.05, 0) is 31.0 Å². The highest BCUT2D eigenvalue weighted by Crippen LogP contribution is 2.45. The van der Waals surface area contributed by atoms with Crippen LogP contribution in [-0.4, -0.2) is 32.7 Å². The number of pyridine rings is 1. The van der Waals surface area contributed by atoms with Crippen LogP contribution in [0.4, 0.5) is 0 Å². The molecular formula is C26H22N5O2+. The third-order valence-electron chi connectivity index (χ3n) is 6.72. The van der Waals surface area contributed by atoms with Crippen LogP contribution in [0.15, 0.2) is 94.4 Å². The second kappa shape index (κ2) is 7.30. The van der Waals surface area contributed by atoms with Crippen molar-refractivity contribution in [3.05, 3.63) is 90.0 Å². The van der Waals surface area contributed by atoms with Crippen molar-refractivity contribution in [2.24, 2.45) is 27.7 Å². The largest absolute Gasteiger partial charge is 0.481 e. The van der Waals surface area contributed by atoms with Crippen LogP contribution >= 0.6 is 0 Å². The second-order valence-electron chi connectivity index (χ2n) is 8.73. The zero-order valence-electron chi connectivity index (χ0n) is 17.8. The fraction of sp³-hybridized carbons (Fsp3) is 0.154. The number of amidine groups is 1. The van der Waals surface area contributed by atoms with Crippen LogP contribution in [0, 0.1) is 11.8 Å². The molecule has 0 saturated heterocycles. The third kappa shape index (κ3) is 3.13. The van der Waals surface area contributed by atoms with Gasteiger partial charge in [-0.3, -0.25) is 9.79 Å². The first-order chi connectivity index (χ1) is 16.0. The molecule has 1 aliphatic carbocycles. The number of hydrogen-bond donors (Lipinski definition) is 2. The molecule has 0 radical (unpaired) electrons. The number of hydrogen-bond acceptors (Lipinski definition) is 5. The van der Waals surface area contributed by atoms with E-state index < -0.39 is 5.97 Å². The summed E-state index contributed by atoms with van der Waals surface area (Å²) < 4.78 is -0.0725. The predicted octanol–water partition coefficient (Wildman–Crippen LogP) is 4.23. The van der Waals surface area contributed by atoms with E-state index in [0.717, 1.165) is 39.1 Å². The molecule has 2 aromatic carbocycles. The van der Waals surface area contributed by atoms with Gasteiger partial charge in [-0.1, -0.05) is 42.5 Å². The fourth-order valence-corrected chi connectivity index (χ4v) is 4.77. The smallest absolute Gasteiger partial charge is 0.306 e. The van der Waals surface area contributed by atoms with Gasteiger partial charge in [0.25, 0.3) is 5.84 Å². The Hall–Kier alpha value is -3.94. The Bertz CT molecular complexity index is 1420. The average molecular weight is 436 g/mol. The minimum atomic E-state index is -0.750. The maximum absolute atomic E-state index is 11.3. The molecule has 33 heavy (non-hydrogen) atoms. The highest BCUT2D eigenvalue weighted by Gasteiger charge is 2.49. The van der Waals surface area contributed by atoms with Crippen molar-refractivity contribution in [2.75, 3.05) is 0 Å². The third-order valence-corrected chi connectivity index (χ3v) is 6.72. The van der Waals surface area contributed by atoms with Crippen LogP contribution in [0.2, 0.25) is 0 Å². The monoisotopic (exact) mass is 436 g/mol. The number of benzene rings is 2. The van der Waals surface area contributed by atoms with Gasteiger partial charge in [0, 0.05) is 16.9 Å². The van der Waals surface area contributed by atoms with Gasteiger partial charge in [0.05, 0.1) is 35.1 Å². The van der Waals surface area contributed by atoms with Gasteiger partial charge in [-0.15, -0.1) is 4.59 Å². The summed E-state index contributed by atoms with van der Waals surface area (Å²) >= 11 is 0. The van der Waals surface area contributed by atoms with E-state index in [0.29, 0.717) is 18.7 Å². The summed E-state index contributed by atoms with van der Waals surface area (Å²) in [6.07, 6.45) is 6.37. The SMILES string of the molecule is N[N+]12C=CN=CC1=C(C1CC(C(=O)O)C1)N=C2c1ccc2ccc(-c3ccccc3)nc2c1. The summed E-state index contributed by atoms with van der Waals surface area (Å²) in [5.74, 6) is 6.53. The minimum absolute atomic E-state index is 0.0702. The molecule has 1 atom stereocenters. The molecule has 2 aliphatic heterocycles. The van der Waals surface area contributed by atoms with E-state index in [1.54, 1.807) is 12.4 Å². The first-order valence-corrected chi connectivity index (χ1v) is 10.9. The second-order valence-corrected chi connectivity index (χ2v) is 8.73. The van der Waals surface area contributed by atoms with E-state index >= 15 is 0 Å². The number of aromatic nitrogens is 1. The molecule has 1 unspecified atom stereocenters. The number of nitrogens with zero attached hydrogens (tertiary/aromatic N) is 4. The molecule has 162 valence electrons. The summed E-state index contributed by atoms with van der Waals surface area (Å²) in [4.78, 5) is 25.4. The standard InChI is InChI=1S/C26H21N5O2/c27-31-11-10-28-15-23(31)24(19-12-20(13-19)26(32)33)30-25(31)18-7-6-17-8-9-21(29-22(17)14-18)16-4-2-1-3-5-16/h1-11,14-15,19-20H,12-13,27H2/p+1. The normalized spacial score (nSPS) is 25.7. The summed E-state index contributed by atoms with van der Waals surface area (Å²) in [6.45, 7) is 0. The van der Waals surface area contributed by atoms with E-state index in [2.05, 4.69) is 11.1 Å². The number of carboxylic acid groups (broad SMARTS) is 1. The first kappa shape index (κ1) is 19.7. The highest BCUT2D eigenvalue weighted by molar-refractivity contribution is 6.02. The van der Waals surface area contributed by atoms with Crippen LogP contribution in [0.1, 0.15) is 18.4 Å². The maximum Gasteiger partial charge on any atom is 0.306 e. The molecule has 1 saturated carbocycles. The molecule has 7 heteroatoms. The van der Waals surface area contributed by atoms with Crippen molar-refractivity contribution in [3.8, 4) is 11.3 Å². The van der Waals surface area contributed by atoms with Crippen molar-refractivity contribution < 1.29 is 14.5 Å². The summed E-state index contributed by atoms with van der Waals surface area (Å²) in [7, 11) is 0. The van der Waals surface area contributed by atoms with E-state index in [4.69, 9.17) is 15.8 Å². The van der Waals surface area contributed by atoms with E-state index in [9.17, 15) is 9.90 Å². The zero-order chi connectivity index (χ0) is 22.6. The lowest BCUT2D eigenvalue weighted by Gasteiger charge is -2.32. The number of nitrogens with two attached hydrogens (primary N) is 1. The van der Waals surface area contributed by atoms with Crippen LogP contribution in [0.3, 0.4) is 0 Å².